The van der Waals surface area contributed by atoms with E-state index >= 15 is 0 Å². The number of aromatic nitrogens is 3. The largest absolute Gasteiger partial charge is 0.464 e. The molecule has 0 aliphatic carbocycles. The van der Waals surface area contributed by atoms with Gasteiger partial charge < -0.3 is 10.1 Å². The quantitative estimate of drug-likeness (QED) is 0.455. The molecule has 0 aliphatic heterocycles. The number of anilines is 1. The zero-order valence-electron chi connectivity index (χ0n) is 18.4. The van der Waals surface area contributed by atoms with E-state index in [2.05, 4.69) is 15.4 Å². The Morgan fingerprint density at radius 1 is 1.06 bits per heavy atom. The number of nitrogens with zero attached hydrogens (tertiary/aromatic N) is 3. The highest BCUT2D eigenvalue weighted by atomic mass is 16.5. The van der Waals surface area contributed by atoms with Crippen LogP contribution in [0.5, 0.6) is 5.88 Å². The summed E-state index contributed by atoms with van der Waals surface area (Å²) in [5, 5.41) is 8.26. The number of amides is 1. The molecule has 0 unspecified atom stereocenters. The van der Waals surface area contributed by atoms with Gasteiger partial charge in [-0.1, -0.05) is 30.3 Å². The molecule has 7 heteroatoms. The molecule has 2 aromatic carbocycles. The first-order chi connectivity index (χ1) is 15.3. The van der Waals surface area contributed by atoms with Crippen LogP contribution in [-0.2, 0) is 11.8 Å². The van der Waals surface area contributed by atoms with E-state index in [1.165, 1.54) is 6.92 Å². The average molecular weight is 428 g/mol. The fraction of sp³-hybridized carbons (Fsp3) is 0.200. The molecule has 1 N–H and O–H groups in total. The van der Waals surface area contributed by atoms with E-state index in [4.69, 9.17) is 4.74 Å². The molecule has 4 rings (SSSR count). The maximum atomic E-state index is 12.7. The Hall–Kier alpha value is -4.00. The van der Waals surface area contributed by atoms with Gasteiger partial charge in [-0.25, -0.2) is 0 Å². The molecule has 0 radical (unpaired) electrons. The van der Waals surface area contributed by atoms with E-state index < -0.39 is 6.10 Å². The lowest BCUT2D eigenvalue weighted by Crippen LogP contribution is -2.30. The van der Waals surface area contributed by atoms with Gasteiger partial charge in [-0.3, -0.25) is 14.3 Å². The van der Waals surface area contributed by atoms with Crippen LogP contribution in [0.4, 0.5) is 5.69 Å². The number of aryl methyl sites for hydroxylation is 2. The van der Waals surface area contributed by atoms with Gasteiger partial charge in [0.05, 0.1) is 11.1 Å². The minimum Gasteiger partial charge on any atom is -0.464 e. The summed E-state index contributed by atoms with van der Waals surface area (Å²) in [7, 11) is 1.84. The van der Waals surface area contributed by atoms with Crippen LogP contribution >= 0.6 is 0 Å². The Morgan fingerprint density at radius 3 is 2.41 bits per heavy atom. The third kappa shape index (κ3) is 4.23. The summed E-state index contributed by atoms with van der Waals surface area (Å²) in [5.74, 6) is -0.000447. The molecule has 0 spiro atoms. The fourth-order valence-electron chi connectivity index (χ4n) is 3.59. The van der Waals surface area contributed by atoms with Crippen LogP contribution in [0.2, 0.25) is 0 Å². The summed E-state index contributed by atoms with van der Waals surface area (Å²) in [6.45, 7) is 5.12. The van der Waals surface area contributed by atoms with Crippen molar-refractivity contribution in [1.82, 2.24) is 14.8 Å². The van der Waals surface area contributed by atoms with E-state index in [0.29, 0.717) is 22.8 Å². The number of carbonyl (C=O) groups is 2. The second kappa shape index (κ2) is 8.63. The monoisotopic (exact) mass is 428 g/mol. The van der Waals surface area contributed by atoms with Gasteiger partial charge in [0.25, 0.3) is 5.91 Å². The van der Waals surface area contributed by atoms with Crippen molar-refractivity contribution in [3.63, 3.8) is 0 Å². The van der Waals surface area contributed by atoms with Gasteiger partial charge in [-0.15, -0.1) is 0 Å². The number of Topliss-reactive ketones (excluding diaryl/α,β-unsaturated/α-hetero) is 1. The SMILES string of the molecule is CC(=O)c1ccc(NC(=O)[C@@H](C)Oc2cc(-c3ccccc3)c3c(C)nn(C)c3n2)cc1. The van der Waals surface area contributed by atoms with E-state index in [1.54, 1.807) is 35.9 Å². The molecule has 4 aromatic rings. The zero-order valence-corrected chi connectivity index (χ0v) is 18.4. The minimum absolute atomic E-state index is 0.0272. The predicted octanol–water partition coefficient (Wildman–Crippen LogP) is 4.55. The summed E-state index contributed by atoms with van der Waals surface area (Å²) in [6, 6.07) is 18.5. The maximum absolute atomic E-state index is 12.7. The highest BCUT2D eigenvalue weighted by Crippen LogP contribution is 2.33. The zero-order chi connectivity index (χ0) is 22.8. The van der Waals surface area contributed by atoms with E-state index in [9.17, 15) is 9.59 Å². The number of hydrogen-bond acceptors (Lipinski definition) is 5. The van der Waals surface area contributed by atoms with Crippen molar-refractivity contribution in [3.05, 3.63) is 71.9 Å². The summed E-state index contributed by atoms with van der Waals surface area (Å²) < 4.78 is 7.64. The number of hydrogen-bond donors (Lipinski definition) is 1. The molecule has 0 fully saturated rings. The van der Waals surface area contributed by atoms with Gasteiger partial charge >= 0.3 is 0 Å². The van der Waals surface area contributed by atoms with Gasteiger partial charge in [0.1, 0.15) is 0 Å². The summed E-state index contributed by atoms with van der Waals surface area (Å²) in [4.78, 5) is 28.7. The summed E-state index contributed by atoms with van der Waals surface area (Å²) >= 11 is 0. The van der Waals surface area contributed by atoms with Crippen LogP contribution in [0.3, 0.4) is 0 Å². The first kappa shape index (κ1) is 21.2. The summed E-state index contributed by atoms with van der Waals surface area (Å²) in [6.07, 6.45) is -0.787. The number of ketones is 1. The minimum atomic E-state index is -0.787. The van der Waals surface area contributed by atoms with Crippen molar-refractivity contribution >= 4 is 28.4 Å². The lowest BCUT2D eigenvalue weighted by atomic mass is 10.0. The average Bonchev–Trinajstić information content (AvgIpc) is 3.07. The molecular formula is C25H24N4O3. The maximum Gasteiger partial charge on any atom is 0.265 e. The van der Waals surface area contributed by atoms with E-state index in [0.717, 1.165) is 22.2 Å². The van der Waals surface area contributed by atoms with Gasteiger partial charge in [-0.2, -0.15) is 10.1 Å². The van der Waals surface area contributed by atoms with Crippen molar-refractivity contribution in [1.29, 1.82) is 0 Å². The van der Waals surface area contributed by atoms with Crippen LogP contribution < -0.4 is 10.1 Å². The standard InChI is InChI=1S/C25H24N4O3/c1-15-23-21(19-8-6-5-7-9-19)14-22(27-24(23)29(4)28-15)32-17(3)25(31)26-20-12-10-18(11-13-20)16(2)30/h5-14,17H,1-4H3,(H,26,31)/t17-/m1/s1. The number of fused-ring (bicyclic) bond motifs is 1. The molecule has 1 atom stereocenters. The predicted molar refractivity (Wildman–Crippen MR) is 124 cm³/mol. The molecule has 2 heterocycles. The van der Waals surface area contributed by atoms with Crippen LogP contribution in [-0.4, -0.2) is 32.6 Å². The van der Waals surface area contributed by atoms with Crippen molar-refractivity contribution < 1.29 is 14.3 Å². The highest BCUT2D eigenvalue weighted by Gasteiger charge is 2.20. The van der Waals surface area contributed by atoms with Crippen LogP contribution in [0, 0.1) is 6.92 Å². The Kier molecular flexibility index (Phi) is 5.73. The van der Waals surface area contributed by atoms with Gasteiger partial charge in [0.2, 0.25) is 5.88 Å². The second-order valence-electron chi connectivity index (χ2n) is 7.66. The fourth-order valence-corrected chi connectivity index (χ4v) is 3.59. The molecule has 2 aromatic heterocycles. The third-order valence-corrected chi connectivity index (χ3v) is 5.26. The molecule has 162 valence electrons. The Bertz CT molecular complexity index is 1290. The number of benzene rings is 2. The number of pyridine rings is 1. The number of ether oxygens (including phenoxy) is 1. The topological polar surface area (TPSA) is 86.1 Å². The van der Waals surface area contributed by atoms with Gasteiger partial charge in [0, 0.05) is 24.4 Å². The molecular weight excluding hydrogens is 404 g/mol. The highest BCUT2D eigenvalue weighted by molar-refractivity contribution is 5.97. The summed E-state index contributed by atoms with van der Waals surface area (Å²) in [5.41, 5.74) is 4.70. The third-order valence-electron chi connectivity index (χ3n) is 5.26. The van der Waals surface area contributed by atoms with E-state index in [1.807, 2.05) is 50.4 Å². The first-order valence-corrected chi connectivity index (χ1v) is 10.3. The Morgan fingerprint density at radius 2 is 1.75 bits per heavy atom. The molecule has 0 bridgehead atoms. The molecule has 7 nitrogen and oxygen atoms in total. The Labute approximate surface area is 186 Å². The van der Waals surface area contributed by atoms with E-state index in [-0.39, 0.29) is 11.7 Å². The normalized spacial score (nSPS) is 11.9. The Balaban J connectivity index is 1.60. The van der Waals surface area contributed by atoms with Crippen molar-refractivity contribution in [2.75, 3.05) is 5.32 Å². The smallest absolute Gasteiger partial charge is 0.265 e. The number of rotatable bonds is 6. The molecule has 1 amide bonds. The molecule has 32 heavy (non-hydrogen) atoms. The van der Waals surface area contributed by atoms with Crippen LogP contribution in [0.15, 0.2) is 60.7 Å². The van der Waals surface area contributed by atoms with Gasteiger partial charge in [0.15, 0.2) is 17.5 Å². The molecule has 0 saturated heterocycles. The van der Waals surface area contributed by atoms with Crippen molar-refractivity contribution in [2.24, 2.45) is 7.05 Å². The second-order valence-corrected chi connectivity index (χ2v) is 7.66. The van der Waals surface area contributed by atoms with Crippen molar-refractivity contribution in [2.45, 2.75) is 26.9 Å². The van der Waals surface area contributed by atoms with Crippen LogP contribution in [0.1, 0.15) is 29.9 Å². The van der Waals surface area contributed by atoms with Gasteiger partial charge in [-0.05, 0) is 56.2 Å². The number of carbonyl (C=O) groups excluding carboxylic acids is 2. The lowest BCUT2D eigenvalue weighted by molar-refractivity contribution is -0.122. The lowest BCUT2D eigenvalue weighted by Gasteiger charge is -2.15. The molecule has 0 aliphatic rings. The molecule has 0 saturated carbocycles. The van der Waals surface area contributed by atoms with Crippen LogP contribution in [0.25, 0.3) is 22.2 Å². The first-order valence-electron chi connectivity index (χ1n) is 10.3. The number of nitrogens with one attached hydrogen (secondary N) is 1. The van der Waals surface area contributed by atoms with Crippen molar-refractivity contribution in [3.8, 4) is 17.0 Å².